The summed E-state index contributed by atoms with van der Waals surface area (Å²) in [5.41, 5.74) is 10.4. The second kappa shape index (κ2) is 5.07. The topological polar surface area (TPSA) is 77.0 Å². The zero-order valence-electron chi connectivity index (χ0n) is 8.76. The second-order valence-corrected chi connectivity index (χ2v) is 4.49. The number of hydrogen-bond donors (Lipinski definition) is 3. The molecule has 1 unspecified atom stereocenters. The minimum Gasteiger partial charge on any atom is -0.398 e. The van der Waals surface area contributed by atoms with E-state index < -0.39 is 0 Å². The monoisotopic (exact) mass is 234 g/mol. The van der Waals surface area contributed by atoms with Gasteiger partial charge in [-0.2, -0.15) is 0 Å². The van der Waals surface area contributed by atoms with E-state index in [4.69, 9.17) is 11.6 Å². The minimum absolute atomic E-state index is 0.0894. The van der Waals surface area contributed by atoms with Gasteiger partial charge >= 0.3 is 0 Å². The van der Waals surface area contributed by atoms with E-state index in [0.29, 0.717) is 0 Å². The van der Waals surface area contributed by atoms with Gasteiger partial charge in [0.15, 0.2) is 0 Å². The molecule has 2 aromatic rings. The third-order valence-corrected chi connectivity index (χ3v) is 3.44. The van der Waals surface area contributed by atoms with Crippen LogP contribution in [0.15, 0.2) is 36.0 Å². The molecule has 0 aliphatic rings. The fourth-order valence-corrected chi connectivity index (χ4v) is 2.35. The Morgan fingerprint density at radius 2 is 2.31 bits per heavy atom. The number of thiophene rings is 1. The van der Waals surface area contributed by atoms with Crippen molar-refractivity contribution in [1.29, 1.82) is 0 Å². The van der Waals surface area contributed by atoms with Crippen LogP contribution in [0.1, 0.15) is 16.5 Å². The number of nitrogens with one attached hydrogen (secondary N) is 1. The summed E-state index contributed by atoms with van der Waals surface area (Å²) >= 11 is 1.68. The highest BCUT2D eigenvalue weighted by Gasteiger charge is 2.12. The van der Waals surface area contributed by atoms with Crippen molar-refractivity contribution < 1.29 is 0 Å². The zero-order valence-corrected chi connectivity index (χ0v) is 9.58. The average molecular weight is 234 g/mol. The van der Waals surface area contributed by atoms with Crippen LogP contribution in [0.25, 0.3) is 0 Å². The quantitative estimate of drug-likeness (QED) is 0.553. The van der Waals surface area contributed by atoms with Gasteiger partial charge in [-0.05, 0) is 29.5 Å². The molecule has 0 fully saturated rings. The van der Waals surface area contributed by atoms with Crippen LogP contribution in [0.4, 0.5) is 5.69 Å². The van der Waals surface area contributed by atoms with Crippen LogP contribution >= 0.6 is 11.3 Å². The molecule has 0 spiro atoms. The van der Waals surface area contributed by atoms with Gasteiger partial charge in [0.05, 0.1) is 6.04 Å². The molecule has 1 atom stereocenters. The van der Waals surface area contributed by atoms with E-state index in [9.17, 15) is 0 Å². The number of rotatable bonds is 4. The number of nitrogens with zero attached hydrogens (tertiary/aromatic N) is 1. The molecular weight excluding hydrogens is 220 g/mol. The fraction of sp³-hybridized carbons (Fsp3) is 0.182. The highest BCUT2D eigenvalue weighted by atomic mass is 32.1. The predicted molar refractivity (Wildman–Crippen MR) is 66.7 cm³/mol. The Morgan fingerprint density at radius 3 is 2.94 bits per heavy atom. The first-order valence-corrected chi connectivity index (χ1v) is 5.87. The van der Waals surface area contributed by atoms with Gasteiger partial charge in [0.2, 0.25) is 0 Å². The van der Waals surface area contributed by atoms with Gasteiger partial charge in [-0.3, -0.25) is 16.3 Å². The fourth-order valence-electron chi connectivity index (χ4n) is 1.56. The maximum Gasteiger partial charge on any atom is 0.0594 e. The average Bonchev–Trinajstić information content (AvgIpc) is 2.81. The number of hydrazine groups is 1. The summed E-state index contributed by atoms with van der Waals surface area (Å²) in [5.74, 6) is 5.56. The van der Waals surface area contributed by atoms with Gasteiger partial charge < -0.3 is 5.73 Å². The molecule has 2 aromatic heterocycles. The normalized spacial score (nSPS) is 12.6. The molecule has 0 amide bonds. The number of nitrogen functional groups attached to an aromatic ring is 1. The summed E-state index contributed by atoms with van der Waals surface area (Å²) in [6.07, 6.45) is 4.22. The lowest BCUT2D eigenvalue weighted by Gasteiger charge is -2.15. The number of aromatic nitrogens is 1. The summed E-state index contributed by atoms with van der Waals surface area (Å²) < 4.78 is 0. The summed E-state index contributed by atoms with van der Waals surface area (Å²) in [7, 11) is 0. The van der Waals surface area contributed by atoms with E-state index >= 15 is 0 Å². The van der Waals surface area contributed by atoms with Crippen LogP contribution in [-0.2, 0) is 6.42 Å². The Labute approximate surface area is 98.3 Å². The number of nitrogens with two attached hydrogens (primary N) is 2. The standard InChI is InChI=1S/C11H14N4S/c12-9-3-4-14-7-8(9)6-10(15-13)11-2-1-5-16-11/h1-5,7,10,15H,6,13H2,(H2,12,14). The van der Waals surface area contributed by atoms with Crippen molar-refractivity contribution >= 4 is 17.0 Å². The largest absolute Gasteiger partial charge is 0.398 e. The Hall–Kier alpha value is -1.43. The maximum atomic E-state index is 5.87. The lowest BCUT2D eigenvalue weighted by Crippen LogP contribution is -2.29. The van der Waals surface area contributed by atoms with E-state index in [1.54, 1.807) is 29.8 Å². The van der Waals surface area contributed by atoms with E-state index in [-0.39, 0.29) is 6.04 Å². The predicted octanol–water partition coefficient (Wildman–Crippen LogP) is 1.47. The van der Waals surface area contributed by atoms with Crippen LogP contribution in [0.2, 0.25) is 0 Å². The van der Waals surface area contributed by atoms with Crippen molar-refractivity contribution in [3.8, 4) is 0 Å². The van der Waals surface area contributed by atoms with Gasteiger partial charge in [0, 0.05) is 23.0 Å². The molecule has 16 heavy (non-hydrogen) atoms. The van der Waals surface area contributed by atoms with Crippen LogP contribution in [-0.4, -0.2) is 4.98 Å². The smallest absolute Gasteiger partial charge is 0.0594 e. The number of pyridine rings is 1. The molecule has 0 bridgehead atoms. The van der Waals surface area contributed by atoms with E-state index in [1.165, 1.54) is 4.88 Å². The van der Waals surface area contributed by atoms with Gasteiger partial charge in [-0.15, -0.1) is 11.3 Å². The molecule has 2 heterocycles. The summed E-state index contributed by atoms with van der Waals surface area (Å²) in [5, 5.41) is 2.03. The molecule has 84 valence electrons. The molecule has 4 nitrogen and oxygen atoms in total. The van der Waals surface area contributed by atoms with Gasteiger partial charge in [0.1, 0.15) is 0 Å². The van der Waals surface area contributed by atoms with Crippen LogP contribution in [0, 0.1) is 0 Å². The van der Waals surface area contributed by atoms with E-state index in [1.807, 2.05) is 11.4 Å². The third kappa shape index (κ3) is 2.38. The molecule has 0 radical (unpaired) electrons. The summed E-state index contributed by atoms with van der Waals surface area (Å²) in [6.45, 7) is 0. The van der Waals surface area contributed by atoms with Crippen molar-refractivity contribution in [3.63, 3.8) is 0 Å². The summed E-state index contributed by atoms with van der Waals surface area (Å²) in [4.78, 5) is 5.27. The molecule has 0 saturated heterocycles. The first-order valence-electron chi connectivity index (χ1n) is 4.99. The van der Waals surface area contributed by atoms with E-state index in [2.05, 4.69) is 16.5 Å². The molecule has 0 aromatic carbocycles. The highest BCUT2D eigenvalue weighted by Crippen LogP contribution is 2.23. The number of hydrogen-bond acceptors (Lipinski definition) is 5. The first kappa shape index (κ1) is 11.1. The Morgan fingerprint density at radius 1 is 1.44 bits per heavy atom. The lowest BCUT2D eigenvalue weighted by atomic mass is 10.1. The van der Waals surface area contributed by atoms with Gasteiger partial charge in [-0.25, -0.2) is 0 Å². The Bertz CT molecular complexity index is 441. The van der Waals surface area contributed by atoms with Gasteiger partial charge in [0.25, 0.3) is 0 Å². The van der Waals surface area contributed by atoms with E-state index in [0.717, 1.165) is 17.7 Å². The number of anilines is 1. The Kier molecular flexibility index (Phi) is 3.51. The molecule has 2 rings (SSSR count). The SMILES string of the molecule is NNC(Cc1cnccc1N)c1cccs1. The van der Waals surface area contributed by atoms with Crippen molar-refractivity contribution in [1.82, 2.24) is 10.4 Å². The van der Waals surface area contributed by atoms with Crippen LogP contribution in [0.3, 0.4) is 0 Å². The minimum atomic E-state index is 0.0894. The zero-order chi connectivity index (χ0) is 11.4. The maximum absolute atomic E-state index is 5.87. The second-order valence-electron chi connectivity index (χ2n) is 3.51. The highest BCUT2D eigenvalue weighted by molar-refractivity contribution is 7.10. The molecule has 0 aliphatic heterocycles. The summed E-state index contributed by atoms with van der Waals surface area (Å²) in [6, 6.07) is 5.96. The lowest BCUT2D eigenvalue weighted by molar-refractivity contribution is 0.560. The molecule has 5 N–H and O–H groups in total. The van der Waals surface area contributed by atoms with Crippen LogP contribution < -0.4 is 17.0 Å². The molecule has 0 saturated carbocycles. The Balaban J connectivity index is 2.17. The van der Waals surface area contributed by atoms with Crippen LogP contribution in [0.5, 0.6) is 0 Å². The van der Waals surface area contributed by atoms with Crippen molar-refractivity contribution in [3.05, 3.63) is 46.4 Å². The molecular formula is C11H14N4S. The first-order chi connectivity index (χ1) is 7.81. The molecule has 0 aliphatic carbocycles. The third-order valence-electron chi connectivity index (χ3n) is 2.45. The van der Waals surface area contributed by atoms with Crippen molar-refractivity contribution in [2.75, 3.05) is 5.73 Å². The van der Waals surface area contributed by atoms with Gasteiger partial charge in [-0.1, -0.05) is 6.07 Å². The van der Waals surface area contributed by atoms with Crippen molar-refractivity contribution in [2.24, 2.45) is 5.84 Å². The van der Waals surface area contributed by atoms with Crippen molar-refractivity contribution in [2.45, 2.75) is 12.5 Å². The molecule has 5 heteroatoms.